The SMILES string of the molecule is Fc1cccc(CNCCC2COc3ccccc3O2)c1. The standard InChI is InChI=1S/C17H18FNO2/c18-14-5-3-4-13(10-14)11-19-9-8-15-12-20-16-6-1-2-7-17(16)21-15/h1-7,10,15,19H,8-9,11-12H2. The van der Waals surface area contributed by atoms with Crippen LogP contribution in [-0.2, 0) is 6.54 Å². The lowest BCUT2D eigenvalue weighted by atomic mass is 10.2. The molecule has 0 saturated carbocycles. The summed E-state index contributed by atoms with van der Waals surface area (Å²) in [5.41, 5.74) is 0.946. The summed E-state index contributed by atoms with van der Waals surface area (Å²) < 4.78 is 24.6. The molecule has 1 aliphatic heterocycles. The molecule has 0 aromatic heterocycles. The molecule has 1 heterocycles. The largest absolute Gasteiger partial charge is 0.486 e. The summed E-state index contributed by atoms with van der Waals surface area (Å²) in [6, 6.07) is 14.3. The predicted octanol–water partition coefficient (Wildman–Crippen LogP) is 3.15. The van der Waals surface area contributed by atoms with E-state index in [9.17, 15) is 4.39 Å². The third kappa shape index (κ3) is 3.73. The van der Waals surface area contributed by atoms with Gasteiger partial charge in [-0.2, -0.15) is 0 Å². The maximum Gasteiger partial charge on any atom is 0.161 e. The van der Waals surface area contributed by atoms with Gasteiger partial charge in [0.05, 0.1) is 0 Å². The molecule has 1 N–H and O–H groups in total. The molecule has 0 saturated heterocycles. The zero-order valence-corrected chi connectivity index (χ0v) is 11.7. The van der Waals surface area contributed by atoms with Crippen molar-refractivity contribution in [2.75, 3.05) is 13.2 Å². The summed E-state index contributed by atoms with van der Waals surface area (Å²) in [5, 5.41) is 3.30. The van der Waals surface area contributed by atoms with E-state index in [1.165, 1.54) is 6.07 Å². The topological polar surface area (TPSA) is 30.5 Å². The van der Waals surface area contributed by atoms with Crippen LogP contribution in [0.25, 0.3) is 0 Å². The fourth-order valence-electron chi connectivity index (χ4n) is 2.35. The second-order valence-corrected chi connectivity index (χ2v) is 5.09. The summed E-state index contributed by atoms with van der Waals surface area (Å²) >= 11 is 0. The highest BCUT2D eigenvalue weighted by molar-refractivity contribution is 5.40. The zero-order valence-electron chi connectivity index (χ0n) is 11.7. The van der Waals surface area contributed by atoms with Gasteiger partial charge in [-0.25, -0.2) is 4.39 Å². The maximum atomic E-state index is 13.0. The number of halogens is 1. The van der Waals surface area contributed by atoms with Crippen LogP contribution in [0.15, 0.2) is 48.5 Å². The van der Waals surface area contributed by atoms with Gasteiger partial charge in [0.15, 0.2) is 11.5 Å². The number of para-hydroxylation sites is 2. The number of hydrogen-bond acceptors (Lipinski definition) is 3. The second kappa shape index (κ2) is 6.59. The molecule has 1 atom stereocenters. The van der Waals surface area contributed by atoms with Crippen LogP contribution in [0.4, 0.5) is 4.39 Å². The van der Waals surface area contributed by atoms with Gasteiger partial charge in [-0.15, -0.1) is 0 Å². The maximum absolute atomic E-state index is 13.0. The highest BCUT2D eigenvalue weighted by atomic mass is 19.1. The van der Waals surface area contributed by atoms with Crippen LogP contribution in [0, 0.1) is 5.82 Å². The molecule has 2 aromatic carbocycles. The quantitative estimate of drug-likeness (QED) is 0.857. The van der Waals surface area contributed by atoms with Crippen molar-refractivity contribution in [2.24, 2.45) is 0 Å². The minimum atomic E-state index is -0.199. The number of ether oxygens (including phenoxy) is 2. The fraction of sp³-hybridized carbons (Fsp3) is 0.294. The Morgan fingerprint density at radius 1 is 1.10 bits per heavy atom. The molecule has 0 amide bonds. The van der Waals surface area contributed by atoms with Gasteiger partial charge in [-0.05, 0) is 36.4 Å². The minimum absolute atomic E-state index is 0.0555. The van der Waals surface area contributed by atoms with Crippen molar-refractivity contribution in [3.63, 3.8) is 0 Å². The van der Waals surface area contributed by atoms with Crippen molar-refractivity contribution >= 4 is 0 Å². The number of hydrogen-bond donors (Lipinski definition) is 1. The van der Waals surface area contributed by atoms with Crippen molar-refractivity contribution in [2.45, 2.75) is 19.1 Å². The van der Waals surface area contributed by atoms with Crippen molar-refractivity contribution < 1.29 is 13.9 Å². The number of nitrogens with one attached hydrogen (secondary N) is 1. The van der Waals surface area contributed by atoms with Crippen LogP contribution in [0.1, 0.15) is 12.0 Å². The molecule has 0 spiro atoms. The highest BCUT2D eigenvalue weighted by Crippen LogP contribution is 2.31. The molecule has 1 aliphatic rings. The predicted molar refractivity (Wildman–Crippen MR) is 79.1 cm³/mol. The Morgan fingerprint density at radius 2 is 1.95 bits per heavy atom. The molecule has 2 aromatic rings. The van der Waals surface area contributed by atoms with Gasteiger partial charge in [0.1, 0.15) is 18.5 Å². The molecule has 3 nitrogen and oxygen atoms in total. The van der Waals surface area contributed by atoms with Crippen molar-refractivity contribution in [3.05, 3.63) is 59.9 Å². The molecule has 0 bridgehead atoms. The Bertz CT molecular complexity index is 603. The van der Waals surface area contributed by atoms with Gasteiger partial charge < -0.3 is 14.8 Å². The van der Waals surface area contributed by atoms with E-state index in [1.54, 1.807) is 12.1 Å². The van der Waals surface area contributed by atoms with Crippen LogP contribution in [0.5, 0.6) is 11.5 Å². The van der Waals surface area contributed by atoms with E-state index in [1.807, 2.05) is 30.3 Å². The zero-order chi connectivity index (χ0) is 14.5. The van der Waals surface area contributed by atoms with E-state index in [4.69, 9.17) is 9.47 Å². The molecule has 21 heavy (non-hydrogen) atoms. The van der Waals surface area contributed by atoms with E-state index < -0.39 is 0 Å². The molecule has 0 aliphatic carbocycles. The molecule has 0 radical (unpaired) electrons. The summed E-state index contributed by atoms with van der Waals surface area (Å²) in [6.45, 7) is 2.02. The molecule has 3 rings (SSSR count). The van der Waals surface area contributed by atoms with Crippen LogP contribution in [0.3, 0.4) is 0 Å². The van der Waals surface area contributed by atoms with Gasteiger partial charge >= 0.3 is 0 Å². The molecular weight excluding hydrogens is 269 g/mol. The molecule has 1 unspecified atom stereocenters. The average Bonchev–Trinajstić information content (AvgIpc) is 2.51. The Balaban J connectivity index is 1.43. The average molecular weight is 287 g/mol. The van der Waals surface area contributed by atoms with Crippen LogP contribution in [0.2, 0.25) is 0 Å². The summed E-state index contributed by atoms with van der Waals surface area (Å²) in [5.74, 6) is 1.41. The van der Waals surface area contributed by atoms with E-state index in [0.29, 0.717) is 13.2 Å². The third-order valence-corrected chi connectivity index (χ3v) is 3.43. The van der Waals surface area contributed by atoms with Crippen molar-refractivity contribution in [1.29, 1.82) is 0 Å². The first-order valence-electron chi connectivity index (χ1n) is 7.15. The lowest BCUT2D eigenvalue weighted by Crippen LogP contribution is -2.32. The molecule has 110 valence electrons. The molecule has 4 heteroatoms. The van der Waals surface area contributed by atoms with Crippen molar-refractivity contribution in [1.82, 2.24) is 5.32 Å². The second-order valence-electron chi connectivity index (χ2n) is 5.09. The third-order valence-electron chi connectivity index (χ3n) is 3.43. The van der Waals surface area contributed by atoms with Gasteiger partial charge in [0.2, 0.25) is 0 Å². The highest BCUT2D eigenvalue weighted by Gasteiger charge is 2.19. The van der Waals surface area contributed by atoms with E-state index in [-0.39, 0.29) is 11.9 Å². The normalized spacial score (nSPS) is 16.7. The lowest BCUT2D eigenvalue weighted by Gasteiger charge is -2.26. The first-order valence-corrected chi connectivity index (χ1v) is 7.15. The van der Waals surface area contributed by atoms with Crippen LogP contribution in [-0.4, -0.2) is 19.3 Å². The van der Waals surface area contributed by atoms with Crippen LogP contribution < -0.4 is 14.8 Å². The van der Waals surface area contributed by atoms with Gasteiger partial charge in [-0.3, -0.25) is 0 Å². The molecular formula is C17H18FNO2. The Hall–Kier alpha value is -2.07. The Kier molecular flexibility index (Phi) is 4.36. The number of fused-ring (bicyclic) bond motifs is 1. The minimum Gasteiger partial charge on any atom is -0.486 e. The summed E-state index contributed by atoms with van der Waals surface area (Å²) in [6.07, 6.45) is 0.906. The summed E-state index contributed by atoms with van der Waals surface area (Å²) in [4.78, 5) is 0. The lowest BCUT2D eigenvalue weighted by molar-refractivity contribution is 0.0849. The Labute approximate surface area is 123 Å². The van der Waals surface area contributed by atoms with E-state index >= 15 is 0 Å². The smallest absolute Gasteiger partial charge is 0.161 e. The van der Waals surface area contributed by atoms with Gasteiger partial charge in [-0.1, -0.05) is 24.3 Å². The fourth-order valence-corrected chi connectivity index (χ4v) is 2.35. The molecule has 0 fully saturated rings. The van der Waals surface area contributed by atoms with Gasteiger partial charge in [0, 0.05) is 13.0 Å². The van der Waals surface area contributed by atoms with E-state index in [0.717, 1.165) is 30.0 Å². The van der Waals surface area contributed by atoms with E-state index in [2.05, 4.69) is 5.32 Å². The number of rotatable bonds is 5. The van der Waals surface area contributed by atoms with Gasteiger partial charge in [0.25, 0.3) is 0 Å². The Morgan fingerprint density at radius 3 is 2.81 bits per heavy atom. The van der Waals surface area contributed by atoms with Crippen molar-refractivity contribution in [3.8, 4) is 11.5 Å². The summed E-state index contributed by atoms with van der Waals surface area (Å²) in [7, 11) is 0. The first-order chi connectivity index (χ1) is 10.3. The van der Waals surface area contributed by atoms with Crippen LogP contribution >= 0.6 is 0 Å². The monoisotopic (exact) mass is 287 g/mol. The first kappa shape index (κ1) is 13.9. The number of benzene rings is 2.